The number of aryl methyl sites for hydroxylation is 1. The quantitative estimate of drug-likeness (QED) is 0.593. The molecule has 24 heavy (non-hydrogen) atoms. The van der Waals surface area contributed by atoms with Crippen LogP contribution in [-0.4, -0.2) is 27.5 Å². The second kappa shape index (κ2) is 9.64. The highest BCUT2D eigenvalue weighted by Gasteiger charge is 2.16. The van der Waals surface area contributed by atoms with E-state index in [-0.39, 0.29) is 17.0 Å². The first-order chi connectivity index (χ1) is 11.3. The Morgan fingerprint density at radius 2 is 1.92 bits per heavy atom. The van der Waals surface area contributed by atoms with Gasteiger partial charge in [-0.3, -0.25) is 0 Å². The van der Waals surface area contributed by atoms with E-state index in [0.29, 0.717) is 11.3 Å². The normalized spacial score (nSPS) is 12.7. The van der Waals surface area contributed by atoms with E-state index in [2.05, 4.69) is 22.3 Å². The minimum Gasteiger partial charge on any atom is -0.335 e. The van der Waals surface area contributed by atoms with E-state index in [9.17, 15) is 13.2 Å². The van der Waals surface area contributed by atoms with Gasteiger partial charge in [-0.25, -0.2) is 17.9 Å². The summed E-state index contributed by atoms with van der Waals surface area (Å²) in [6.07, 6.45) is 5.59. The first-order valence-electron chi connectivity index (χ1n) is 8.42. The number of carbonyl (C=O) groups is 1. The summed E-state index contributed by atoms with van der Waals surface area (Å²) < 4.78 is 26.2. The van der Waals surface area contributed by atoms with Gasteiger partial charge < -0.3 is 10.6 Å². The number of hydrogen-bond donors (Lipinski definition) is 3. The maximum Gasteiger partial charge on any atom is 0.319 e. The van der Waals surface area contributed by atoms with Crippen LogP contribution in [0.5, 0.6) is 0 Å². The van der Waals surface area contributed by atoms with Crippen molar-refractivity contribution in [2.45, 2.75) is 63.8 Å². The molecule has 1 unspecified atom stereocenters. The van der Waals surface area contributed by atoms with E-state index < -0.39 is 10.0 Å². The van der Waals surface area contributed by atoms with Gasteiger partial charge in [0.25, 0.3) is 0 Å². The number of sulfonamides is 1. The molecule has 2 amide bonds. The zero-order valence-corrected chi connectivity index (χ0v) is 15.8. The Morgan fingerprint density at radius 1 is 1.21 bits per heavy atom. The number of benzene rings is 1. The van der Waals surface area contributed by atoms with Crippen molar-refractivity contribution in [3.05, 3.63) is 23.8 Å². The summed E-state index contributed by atoms with van der Waals surface area (Å²) in [5.41, 5.74) is 1.07. The maximum atomic E-state index is 12.0. The number of hydrogen-bond acceptors (Lipinski definition) is 3. The van der Waals surface area contributed by atoms with Crippen molar-refractivity contribution in [3.63, 3.8) is 0 Å². The second-order valence-corrected chi connectivity index (χ2v) is 7.89. The van der Waals surface area contributed by atoms with Gasteiger partial charge in [0.1, 0.15) is 0 Å². The molecule has 0 radical (unpaired) electrons. The van der Waals surface area contributed by atoms with E-state index in [0.717, 1.165) is 12.8 Å². The highest BCUT2D eigenvalue weighted by Crippen LogP contribution is 2.20. The van der Waals surface area contributed by atoms with Crippen LogP contribution in [0, 0.1) is 6.92 Å². The molecule has 1 atom stereocenters. The Bertz CT molecular complexity index is 644. The molecular formula is C17H29N3O3S. The van der Waals surface area contributed by atoms with Crippen LogP contribution in [0.15, 0.2) is 23.1 Å². The van der Waals surface area contributed by atoms with Crippen LogP contribution in [0.25, 0.3) is 0 Å². The lowest BCUT2D eigenvalue weighted by Gasteiger charge is -2.15. The standard InChI is InChI=1S/C17H29N3O3S/c1-5-6-7-8-9-14(3)19-17(21)20-15-11-10-13(2)16(12-15)24(22,23)18-4/h10-12,14,18H,5-9H2,1-4H3,(H2,19,20,21). The molecule has 6 nitrogen and oxygen atoms in total. The van der Waals surface area contributed by atoms with Gasteiger partial charge in [0.15, 0.2) is 0 Å². The lowest BCUT2D eigenvalue weighted by Crippen LogP contribution is -2.36. The summed E-state index contributed by atoms with van der Waals surface area (Å²) in [7, 11) is -2.19. The molecule has 3 N–H and O–H groups in total. The predicted molar refractivity (Wildman–Crippen MR) is 97.8 cm³/mol. The molecule has 1 aromatic carbocycles. The molecule has 0 aromatic heterocycles. The summed E-state index contributed by atoms with van der Waals surface area (Å²) in [5, 5.41) is 5.57. The van der Waals surface area contributed by atoms with E-state index in [1.54, 1.807) is 19.1 Å². The third-order valence-electron chi connectivity index (χ3n) is 3.87. The van der Waals surface area contributed by atoms with Crippen molar-refractivity contribution in [1.29, 1.82) is 0 Å². The third kappa shape index (κ3) is 6.49. The molecule has 7 heteroatoms. The van der Waals surface area contributed by atoms with Crippen LogP contribution in [-0.2, 0) is 10.0 Å². The SMILES string of the molecule is CCCCCCC(C)NC(=O)Nc1ccc(C)c(S(=O)(=O)NC)c1. The molecule has 0 aliphatic carbocycles. The van der Waals surface area contributed by atoms with Crippen molar-refractivity contribution in [1.82, 2.24) is 10.0 Å². The van der Waals surface area contributed by atoms with Gasteiger partial charge >= 0.3 is 6.03 Å². The number of rotatable bonds is 9. The van der Waals surface area contributed by atoms with Crippen molar-refractivity contribution in [2.24, 2.45) is 0 Å². The summed E-state index contributed by atoms with van der Waals surface area (Å²) in [6, 6.07) is 4.58. The Hall–Kier alpha value is -1.60. The molecule has 0 bridgehead atoms. The molecule has 0 heterocycles. The molecular weight excluding hydrogens is 326 g/mol. The van der Waals surface area contributed by atoms with Gasteiger partial charge in [-0.15, -0.1) is 0 Å². The third-order valence-corrected chi connectivity index (χ3v) is 5.43. The fourth-order valence-electron chi connectivity index (χ4n) is 2.42. The van der Waals surface area contributed by atoms with Crippen LogP contribution < -0.4 is 15.4 Å². The molecule has 136 valence electrons. The van der Waals surface area contributed by atoms with Crippen molar-refractivity contribution in [3.8, 4) is 0 Å². The fourth-order valence-corrected chi connectivity index (χ4v) is 3.41. The average Bonchev–Trinajstić information content (AvgIpc) is 2.53. The molecule has 1 aromatic rings. The van der Waals surface area contributed by atoms with Crippen LogP contribution >= 0.6 is 0 Å². The maximum absolute atomic E-state index is 12.0. The molecule has 0 saturated heterocycles. The van der Waals surface area contributed by atoms with Crippen molar-refractivity contribution < 1.29 is 13.2 Å². The first-order valence-corrected chi connectivity index (χ1v) is 9.90. The van der Waals surface area contributed by atoms with Crippen LogP contribution in [0.2, 0.25) is 0 Å². The molecule has 0 aliphatic heterocycles. The Balaban J connectivity index is 2.63. The van der Waals surface area contributed by atoms with E-state index in [4.69, 9.17) is 0 Å². The summed E-state index contributed by atoms with van der Waals surface area (Å²) in [6.45, 7) is 5.85. The Labute approximate surface area is 145 Å². The lowest BCUT2D eigenvalue weighted by atomic mass is 10.1. The van der Waals surface area contributed by atoms with Crippen LogP contribution in [0.3, 0.4) is 0 Å². The Morgan fingerprint density at radius 3 is 2.54 bits per heavy atom. The average molecular weight is 356 g/mol. The number of urea groups is 1. The minimum absolute atomic E-state index is 0.0767. The number of nitrogens with one attached hydrogen (secondary N) is 3. The number of anilines is 1. The second-order valence-electron chi connectivity index (χ2n) is 6.04. The Kier molecular flexibility index (Phi) is 8.21. The fraction of sp³-hybridized carbons (Fsp3) is 0.588. The first kappa shape index (κ1) is 20.4. The summed E-state index contributed by atoms with van der Waals surface area (Å²) in [4.78, 5) is 12.2. The molecule has 0 aliphatic rings. The number of carbonyl (C=O) groups excluding carboxylic acids is 1. The van der Waals surface area contributed by atoms with Gasteiger partial charge in [0.2, 0.25) is 10.0 Å². The van der Waals surface area contributed by atoms with Crippen molar-refractivity contribution in [2.75, 3.05) is 12.4 Å². The summed E-state index contributed by atoms with van der Waals surface area (Å²) >= 11 is 0. The largest absolute Gasteiger partial charge is 0.335 e. The predicted octanol–water partition coefficient (Wildman–Crippen LogP) is 3.38. The van der Waals surface area contributed by atoms with Gasteiger partial charge in [-0.2, -0.15) is 0 Å². The zero-order valence-electron chi connectivity index (χ0n) is 15.0. The van der Waals surface area contributed by atoms with Crippen LogP contribution in [0.1, 0.15) is 51.5 Å². The van der Waals surface area contributed by atoms with E-state index in [1.807, 2.05) is 6.92 Å². The smallest absolute Gasteiger partial charge is 0.319 e. The highest BCUT2D eigenvalue weighted by molar-refractivity contribution is 7.89. The topological polar surface area (TPSA) is 87.3 Å². The number of unbranched alkanes of at least 4 members (excludes halogenated alkanes) is 3. The van der Waals surface area contributed by atoms with Crippen molar-refractivity contribution >= 4 is 21.7 Å². The lowest BCUT2D eigenvalue weighted by molar-refractivity contribution is 0.248. The van der Waals surface area contributed by atoms with E-state index >= 15 is 0 Å². The molecule has 0 saturated carbocycles. The van der Waals surface area contributed by atoms with Gasteiger partial charge in [0, 0.05) is 11.7 Å². The van der Waals surface area contributed by atoms with Gasteiger partial charge in [-0.05, 0) is 45.0 Å². The van der Waals surface area contributed by atoms with Gasteiger partial charge in [0.05, 0.1) is 4.90 Å². The highest BCUT2D eigenvalue weighted by atomic mass is 32.2. The monoisotopic (exact) mass is 355 g/mol. The number of amides is 2. The molecule has 0 spiro atoms. The van der Waals surface area contributed by atoms with E-state index in [1.165, 1.54) is 32.4 Å². The minimum atomic E-state index is -3.55. The molecule has 0 fully saturated rings. The molecule has 1 rings (SSSR count). The van der Waals surface area contributed by atoms with Gasteiger partial charge in [-0.1, -0.05) is 38.7 Å². The zero-order chi connectivity index (χ0) is 18.2. The van der Waals surface area contributed by atoms with Crippen LogP contribution in [0.4, 0.5) is 10.5 Å². The summed E-state index contributed by atoms with van der Waals surface area (Å²) in [5.74, 6) is 0.